The number of H-pyrrole nitrogens is 1. The molecule has 4 rings (SSSR count). The predicted molar refractivity (Wildman–Crippen MR) is 92.5 cm³/mol. The highest BCUT2D eigenvalue weighted by Gasteiger charge is 2.26. The van der Waals surface area contributed by atoms with Crippen LogP contribution in [0.25, 0.3) is 10.9 Å². The molecule has 0 aliphatic carbocycles. The molecule has 116 valence electrons. The minimum atomic E-state index is 0.0898. The Labute approximate surface area is 135 Å². The molecular formula is C20H20N2O. The Kier molecular flexibility index (Phi) is 3.05. The van der Waals surface area contributed by atoms with Gasteiger partial charge in [-0.3, -0.25) is 4.79 Å². The molecule has 0 unspecified atom stereocenters. The van der Waals surface area contributed by atoms with Crippen LogP contribution in [0.1, 0.15) is 38.3 Å². The van der Waals surface area contributed by atoms with Crippen molar-refractivity contribution >= 4 is 16.8 Å². The standard InChI is InChI=1S/C20H20N2O/c1-12-8-13(2)18-17(9-12)14(3)19(21-18)20(23)22-10-15-6-4-5-7-16(15)11-22/h4-9,21H,10-11H2,1-3H3. The molecule has 0 fully saturated rings. The highest BCUT2D eigenvalue weighted by atomic mass is 16.2. The highest BCUT2D eigenvalue weighted by Crippen LogP contribution is 2.29. The van der Waals surface area contributed by atoms with Crippen LogP contribution in [0.4, 0.5) is 0 Å². The zero-order valence-corrected chi connectivity index (χ0v) is 13.7. The Morgan fingerprint density at radius 1 is 1.04 bits per heavy atom. The number of hydrogen-bond donors (Lipinski definition) is 1. The van der Waals surface area contributed by atoms with Crippen LogP contribution in [0.5, 0.6) is 0 Å². The van der Waals surface area contributed by atoms with Crippen molar-refractivity contribution in [2.75, 3.05) is 0 Å². The Morgan fingerprint density at radius 3 is 2.35 bits per heavy atom. The van der Waals surface area contributed by atoms with Gasteiger partial charge in [-0.05, 0) is 49.1 Å². The first-order valence-corrected chi connectivity index (χ1v) is 8.00. The summed E-state index contributed by atoms with van der Waals surface area (Å²) in [4.78, 5) is 18.3. The maximum absolute atomic E-state index is 13.0. The molecule has 1 aliphatic rings. The van der Waals surface area contributed by atoms with Crippen molar-refractivity contribution in [2.24, 2.45) is 0 Å². The summed E-state index contributed by atoms with van der Waals surface area (Å²) >= 11 is 0. The van der Waals surface area contributed by atoms with Gasteiger partial charge in [-0.1, -0.05) is 35.9 Å². The van der Waals surface area contributed by atoms with E-state index in [4.69, 9.17) is 0 Å². The predicted octanol–water partition coefficient (Wildman–Crippen LogP) is 4.25. The number of carbonyl (C=O) groups excluding carboxylic acids is 1. The summed E-state index contributed by atoms with van der Waals surface area (Å²) in [5, 5.41) is 1.16. The van der Waals surface area contributed by atoms with Crippen LogP contribution in [0, 0.1) is 20.8 Å². The number of aromatic amines is 1. The number of benzene rings is 2. The van der Waals surface area contributed by atoms with Gasteiger partial charge in [0.15, 0.2) is 0 Å². The molecule has 0 spiro atoms. The molecule has 1 amide bonds. The molecule has 1 aromatic heterocycles. The van der Waals surface area contributed by atoms with E-state index in [9.17, 15) is 4.79 Å². The van der Waals surface area contributed by atoms with Crippen LogP contribution in [0.2, 0.25) is 0 Å². The van der Waals surface area contributed by atoms with Crippen LogP contribution >= 0.6 is 0 Å². The summed E-state index contributed by atoms with van der Waals surface area (Å²) in [5.74, 6) is 0.0898. The molecule has 0 atom stereocenters. The third-order valence-corrected chi connectivity index (χ3v) is 4.85. The minimum Gasteiger partial charge on any atom is -0.350 e. The van der Waals surface area contributed by atoms with Crippen molar-refractivity contribution < 1.29 is 4.79 Å². The van der Waals surface area contributed by atoms with Crippen LogP contribution < -0.4 is 0 Å². The van der Waals surface area contributed by atoms with E-state index in [0.29, 0.717) is 13.1 Å². The molecule has 23 heavy (non-hydrogen) atoms. The maximum atomic E-state index is 13.0. The van der Waals surface area contributed by atoms with E-state index < -0.39 is 0 Å². The second-order valence-corrected chi connectivity index (χ2v) is 6.56. The fourth-order valence-corrected chi connectivity index (χ4v) is 3.63. The summed E-state index contributed by atoms with van der Waals surface area (Å²) in [6, 6.07) is 12.6. The van der Waals surface area contributed by atoms with Gasteiger partial charge in [0.05, 0.1) is 0 Å². The van der Waals surface area contributed by atoms with E-state index >= 15 is 0 Å². The number of aromatic nitrogens is 1. The van der Waals surface area contributed by atoms with Crippen LogP contribution in [0.3, 0.4) is 0 Å². The Bertz CT molecular complexity index is 911. The number of aryl methyl sites for hydroxylation is 3. The van der Waals surface area contributed by atoms with Crippen molar-refractivity contribution in [1.82, 2.24) is 9.88 Å². The lowest BCUT2D eigenvalue weighted by molar-refractivity contribution is 0.0745. The zero-order valence-electron chi connectivity index (χ0n) is 13.7. The number of carbonyl (C=O) groups is 1. The van der Waals surface area contributed by atoms with Crippen molar-refractivity contribution in [3.8, 4) is 0 Å². The first kappa shape index (κ1) is 14.1. The largest absolute Gasteiger partial charge is 0.350 e. The molecular weight excluding hydrogens is 284 g/mol. The van der Waals surface area contributed by atoms with Crippen LogP contribution in [-0.4, -0.2) is 15.8 Å². The van der Waals surface area contributed by atoms with Crippen LogP contribution in [0.15, 0.2) is 36.4 Å². The van der Waals surface area contributed by atoms with Crippen molar-refractivity contribution in [2.45, 2.75) is 33.9 Å². The van der Waals surface area contributed by atoms with Gasteiger partial charge in [-0.15, -0.1) is 0 Å². The summed E-state index contributed by atoms with van der Waals surface area (Å²) < 4.78 is 0. The number of nitrogens with one attached hydrogen (secondary N) is 1. The quantitative estimate of drug-likeness (QED) is 0.717. The highest BCUT2D eigenvalue weighted by molar-refractivity contribution is 6.02. The minimum absolute atomic E-state index is 0.0898. The smallest absolute Gasteiger partial charge is 0.271 e. The second kappa shape index (κ2) is 4.98. The second-order valence-electron chi connectivity index (χ2n) is 6.56. The fraction of sp³-hybridized carbons (Fsp3) is 0.250. The van der Waals surface area contributed by atoms with E-state index in [-0.39, 0.29) is 5.91 Å². The zero-order chi connectivity index (χ0) is 16.1. The number of fused-ring (bicyclic) bond motifs is 2. The molecule has 0 radical (unpaired) electrons. The molecule has 1 N–H and O–H groups in total. The molecule has 1 aliphatic heterocycles. The molecule has 3 aromatic rings. The molecule has 0 saturated heterocycles. The topological polar surface area (TPSA) is 36.1 Å². The number of amides is 1. The van der Waals surface area contributed by atoms with E-state index in [0.717, 1.165) is 22.2 Å². The van der Waals surface area contributed by atoms with Gasteiger partial charge in [-0.2, -0.15) is 0 Å². The van der Waals surface area contributed by atoms with Gasteiger partial charge < -0.3 is 9.88 Å². The normalized spacial score (nSPS) is 13.6. The third-order valence-electron chi connectivity index (χ3n) is 4.85. The van der Waals surface area contributed by atoms with Crippen molar-refractivity contribution in [3.63, 3.8) is 0 Å². The maximum Gasteiger partial charge on any atom is 0.271 e. The van der Waals surface area contributed by atoms with Gasteiger partial charge in [0.2, 0.25) is 0 Å². The van der Waals surface area contributed by atoms with Gasteiger partial charge in [0.1, 0.15) is 5.69 Å². The van der Waals surface area contributed by atoms with Gasteiger partial charge in [0, 0.05) is 24.0 Å². The average Bonchev–Trinajstić information content (AvgIpc) is 3.09. The Balaban J connectivity index is 1.74. The van der Waals surface area contributed by atoms with Gasteiger partial charge in [-0.25, -0.2) is 0 Å². The number of rotatable bonds is 1. The van der Waals surface area contributed by atoms with E-state index in [1.807, 2.05) is 24.0 Å². The Morgan fingerprint density at radius 2 is 1.70 bits per heavy atom. The lowest BCUT2D eigenvalue weighted by Gasteiger charge is -2.15. The molecule has 2 heterocycles. The van der Waals surface area contributed by atoms with E-state index in [1.165, 1.54) is 22.3 Å². The number of hydrogen-bond acceptors (Lipinski definition) is 1. The number of nitrogens with zero attached hydrogens (tertiary/aromatic N) is 1. The van der Waals surface area contributed by atoms with Crippen molar-refractivity contribution in [3.05, 3.63) is 69.9 Å². The first-order chi connectivity index (χ1) is 11.0. The fourth-order valence-electron chi connectivity index (χ4n) is 3.63. The third kappa shape index (κ3) is 2.15. The first-order valence-electron chi connectivity index (χ1n) is 8.00. The van der Waals surface area contributed by atoms with E-state index in [1.54, 1.807) is 0 Å². The molecule has 3 heteroatoms. The molecule has 0 bridgehead atoms. The summed E-state index contributed by atoms with van der Waals surface area (Å²) in [7, 11) is 0. The lowest BCUT2D eigenvalue weighted by Crippen LogP contribution is -2.26. The lowest BCUT2D eigenvalue weighted by atomic mass is 10.1. The monoisotopic (exact) mass is 304 g/mol. The Hall–Kier alpha value is -2.55. The van der Waals surface area contributed by atoms with Crippen molar-refractivity contribution in [1.29, 1.82) is 0 Å². The summed E-state index contributed by atoms with van der Waals surface area (Å²) in [6.45, 7) is 7.61. The molecule has 2 aromatic carbocycles. The average molecular weight is 304 g/mol. The SMILES string of the molecule is Cc1cc(C)c2[nH]c(C(=O)N3Cc4ccccc4C3)c(C)c2c1. The van der Waals surface area contributed by atoms with E-state index in [2.05, 4.69) is 43.1 Å². The van der Waals surface area contributed by atoms with Gasteiger partial charge in [0.25, 0.3) is 5.91 Å². The van der Waals surface area contributed by atoms with Gasteiger partial charge >= 0.3 is 0 Å². The molecule has 3 nitrogen and oxygen atoms in total. The van der Waals surface area contributed by atoms with Crippen LogP contribution in [-0.2, 0) is 13.1 Å². The molecule has 0 saturated carbocycles. The summed E-state index contributed by atoms with van der Waals surface area (Å²) in [5.41, 5.74) is 7.77. The summed E-state index contributed by atoms with van der Waals surface area (Å²) in [6.07, 6.45) is 0.